The molecular formula is C16H21ClF4N2O3. The van der Waals surface area contributed by atoms with E-state index in [1.807, 2.05) is 0 Å². The van der Waals surface area contributed by atoms with Gasteiger partial charge in [0.15, 0.2) is 0 Å². The maximum atomic E-state index is 13.2. The molecule has 0 aromatic heterocycles. The fourth-order valence-corrected chi connectivity index (χ4v) is 2.34. The number of halogens is 5. The Kier molecular flexibility index (Phi) is 9.11. The predicted octanol–water partition coefficient (Wildman–Crippen LogP) is 3.30. The Morgan fingerprint density at radius 1 is 1.35 bits per heavy atom. The molecule has 0 atom stereocenters. The van der Waals surface area contributed by atoms with Crippen molar-refractivity contribution >= 4 is 17.6 Å². The van der Waals surface area contributed by atoms with Crippen LogP contribution in [0.1, 0.15) is 19.3 Å². The maximum Gasteiger partial charge on any atom is 0.490 e. The number of nitrogens with two attached hydrogens (primary N) is 1. The van der Waals surface area contributed by atoms with Gasteiger partial charge in [-0.2, -0.15) is 13.2 Å². The van der Waals surface area contributed by atoms with Crippen LogP contribution in [0.5, 0.6) is 5.75 Å². The average molecular weight is 401 g/mol. The summed E-state index contributed by atoms with van der Waals surface area (Å²) in [6, 6.07) is 4.88. The van der Waals surface area contributed by atoms with Crippen LogP contribution in [-0.2, 0) is 4.79 Å². The van der Waals surface area contributed by atoms with E-state index in [0.29, 0.717) is 18.4 Å². The first-order valence-corrected chi connectivity index (χ1v) is 8.33. The van der Waals surface area contributed by atoms with E-state index in [1.165, 1.54) is 12.1 Å². The largest absolute Gasteiger partial charge is 0.493 e. The molecule has 1 aliphatic rings. The van der Waals surface area contributed by atoms with E-state index in [2.05, 4.69) is 4.90 Å². The predicted molar refractivity (Wildman–Crippen MR) is 88.9 cm³/mol. The molecule has 0 unspecified atom stereocenters. The molecule has 1 fully saturated rings. The molecule has 0 bridgehead atoms. The summed E-state index contributed by atoms with van der Waals surface area (Å²) in [4.78, 5) is 11.3. The Morgan fingerprint density at radius 2 is 1.92 bits per heavy atom. The first kappa shape index (κ1) is 22.5. The Morgan fingerprint density at radius 3 is 2.42 bits per heavy atom. The number of ether oxygens (including phenoxy) is 1. The molecule has 2 rings (SSSR count). The lowest BCUT2D eigenvalue weighted by atomic mass is 10.1. The summed E-state index contributed by atoms with van der Waals surface area (Å²) in [5.74, 6) is -2.67. The normalized spacial score (nSPS) is 15.9. The number of rotatable bonds is 5. The maximum absolute atomic E-state index is 13.2. The van der Waals surface area contributed by atoms with Crippen molar-refractivity contribution < 1.29 is 32.2 Å². The standard InChI is InChI=1S/C14H20ClFN2O.C2HF3O2/c15-13-3-2-12(10-14(13)16)19-9-1-6-18-7-4-11(17)5-8-18;3-2(4,5)1(6)7/h2-3,10-11H,1,4-9,17H2;(H,6,7). The van der Waals surface area contributed by atoms with Crippen molar-refractivity contribution in [2.24, 2.45) is 5.73 Å². The smallest absolute Gasteiger partial charge is 0.490 e. The van der Waals surface area contributed by atoms with E-state index in [1.54, 1.807) is 6.07 Å². The van der Waals surface area contributed by atoms with Gasteiger partial charge in [0.05, 0.1) is 11.6 Å². The third kappa shape index (κ3) is 8.68. The van der Waals surface area contributed by atoms with Gasteiger partial charge in [-0.1, -0.05) is 11.6 Å². The van der Waals surface area contributed by atoms with Crippen molar-refractivity contribution in [2.75, 3.05) is 26.2 Å². The number of alkyl halides is 3. The molecule has 0 saturated carbocycles. The van der Waals surface area contributed by atoms with E-state index in [9.17, 15) is 17.6 Å². The van der Waals surface area contributed by atoms with Gasteiger partial charge in [0.2, 0.25) is 0 Å². The number of piperidine rings is 1. The van der Waals surface area contributed by atoms with E-state index in [-0.39, 0.29) is 5.02 Å². The summed E-state index contributed by atoms with van der Waals surface area (Å²) in [7, 11) is 0. The molecule has 1 heterocycles. The zero-order valence-corrected chi connectivity index (χ0v) is 14.7. The van der Waals surface area contributed by atoms with Crippen molar-refractivity contribution in [2.45, 2.75) is 31.5 Å². The fourth-order valence-electron chi connectivity index (χ4n) is 2.22. The van der Waals surface area contributed by atoms with Crippen LogP contribution in [0.2, 0.25) is 5.02 Å². The lowest BCUT2D eigenvalue weighted by Gasteiger charge is -2.29. The molecule has 1 saturated heterocycles. The lowest BCUT2D eigenvalue weighted by Crippen LogP contribution is -2.40. The molecule has 1 aliphatic heterocycles. The van der Waals surface area contributed by atoms with Crippen LogP contribution in [0.4, 0.5) is 17.6 Å². The molecule has 1 aromatic carbocycles. The van der Waals surface area contributed by atoms with Gasteiger partial charge in [-0.05, 0) is 44.5 Å². The molecule has 0 amide bonds. The van der Waals surface area contributed by atoms with Gasteiger partial charge in [0.25, 0.3) is 0 Å². The Labute approximate surface area is 153 Å². The molecule has 1 aromatic rings. The second kappa shape index (κ2) is 10.5. The van der Waals surface area contributed by atoms with Crippen molar-refractivity contribution in [1.29, 1.82) is 0 Å². The highest BCUT2D eigenvalue weighted by molar-refractivity contribution is 6.30. The van der Waals surface area contributed by atoms with E-state index in [0.717, 1.165) is 38.9 Å². The number of benzene rings is 1. The summed E-state index contributed by atoms with van der Waals surface area (Å²) >= 11 is 5.61. The highest BCUT2D eigenvalue weighted by Gasteiger charge is 2.38. The second-order valence-corrected chi connectivity index (χ2v) is 6.17. The summed E-state index contributed by atoms with van der Waals surface area (Å²) < 4.78 is 50.4. The molecular weight excluding hydrogens is 380 g/mol. The van der Waals surface area contributed by atoms with Crippen molar-refractivity contribution in [1.82, 2.24) is 4.90 Å². The second-order valence-electron chi connectivity index (χ2n) is 5.76. The summed E-state index contributed by atoms with van der Waals surface area (Å²) in [5.41, 5.74) is 5.86. The lowest BCUT2D eigenvalue weighted by molar-refractivity contribution is -0.192. The fraction of sp³-hybridized carbons (Fsp3) is 0.562. The minimum absolute atomic E-state index is 0.122. The van der Waals surface area contributed by atoms with Gasteiger partial charge in [-0.3, -0.25) is 0 Å². The van der Waals surface area contributed by atoms with E-state index >= 15 is 0 Å². The van der Waals surface area contributed by atoms with Crippen molar-refractivity contribution in [3.05, 3.63) is 29.0 Å². The van der Waals surface area contributed by atoms with Crippen LogP contribution >= 0.6 is 11.6 Å². The van der Waals surface area contributed by atoms with Gasteiger partial charge in [-0.25, -0.2) is 9.18 Å². The third-order valence-corrected chi connectivity index (χ3v) is 3.96. The van der Waals surface area contributed by atoms with Gasteiger partial charge >= 0.3 is 12.1 Å². The number of nitrogens with zero attached hydrogens (tertiary/aromatic N) is 1. The molecule has 10 heteroatoms. The van der Waals surface area contributed by atoms with E-state index in [4.69, 9.17) is 32.0 Å². The van der Waals surface area contributed by atoms with Gasteiger partial charge < -0.3 is 20.5 Å². The number of likely N-dealkylation sites (tertiary alicyclic amines) is 1. The number of hydrogen-bond acceptors (Lipinski definition) is 4. The first-order valence-electron chi connectivity index (χ1n) is 7.95. The number of aliphatic carboxylic acids is 1. The van der Waals surface area contributed by atoms with Crippen LogP contribution in [0.3, 0.4) is 0 Å². The van der Waals surface area contributed by atoms with E-state index < -0.39 is 18.0 Å². The zero-order chi connectivity index (χ0) is 19.7. The number of carboxylic acids is 1. The number of hydrogen-bond donors (Lipinski definition) is 2. The van der Waals surface area contributed by atoms with Crippen LogP contribution in [0, 0.1) is 5.82 Å². The minimum Gasteiger partial charge on any atom is -0.493 e. The molecule has 26 heavy (non-hydrogen) atoms. The zero-order valence-electron chi connectivity index (χ0n) is 13.9. The SMILES string of the molecule is NC1CCN(CCCOc2ccc(Cl)c(F)c2)CC1.O=C(O)C(F)(F)F. The van der Waals surface area contributed by atoms with Gasteiger partial charge in [0.1, 0.15) is 11.6 Å². The molecule has 0 spiro atoms. The number of carbonyl (C=O) groups is 1. The number of carboxylic acid groups (broad SMARTS) is 1. The molecule has 5 nitrogen and oxygen atoms in total. The molecule has 148 valence electrons. The third-order valence-electron chi connectivity index (χ3n) is 3.65. The quantitative estimate of drug-likeness (QED) is 0.586. The highest BCUT2D eigenvalue weighted by atomic mass is 35.5. The van der Waals surface area contributed by atoms with Gasteiger partial charge in [0, 0.05) is 18.7 Å². The van der Waals surface area contributed by atoms with Crippen molar-refractivity contribution in [3.63, 3.8) is 0 Å². The highest BCUT2D eigenvalue weighted by Crippen LogP contribution is 2.20. The van der Waals surface area contributed by atoms with Crippen LogP contribution in [0.25, 0.3) is 0 Å². The van der Waals surface area contributed by atoms with Crippen LogP contribution in [0.15, 0.2) is 18.2 Å². The Hall–Kier alpha value is -1.58. The molecule has 3 N–H and O–H groups in total. The van der Waals surface area contributed by atoms with Crippen molar-refractivity contribution in [3.8, 4) is 5.75 Å². The van der Waals surface area contributed by atoms with Gasteiger partial charge in [-0.15, -0.1) is 0 Å². The summed E-state index contributed by atoms with van der Waals surface area (Å²) in [5, 5.41) is 7.25. The Bertz CT molecular complexity index is 579. The summed E-state index contributed by atoms with van der Waals surface area (Å²) in [6.45, 7) is 3.72. The van der Waals surface area contributed by atoms with Crippen LogP contribution in [-0.4, -0.2) is 54.4 Å². The summed E-state index contributed by atoms with van der Waals surface area (Å²) in [6.07, 6.45) is -2.01. The molecule has 0 radical (unpaired) electrons. The van der Waals surface area contributed by atoms with Crippen LogP contribution < -0.4 is 10.5 Å². The first-order chi connectivity index (χ1) is 12.1. The monoisotopic (exact) mass is 400 g/mol. The topological polar surface area (TPSA) is 75.8 Å². The Balaban J connectivity index is 0.000000412. The average Bonchev–Trinajstić information content (AvgIpc) is 2.56. The molecule has 0 aliphatic carbocycles. The minimum atomic E-state index is -5.08.